The maximum Gasteiger partial charge on any atom is 0.164 e. The van der Waals surface area contributed by atoms with Crippen LogP contribution in [0.4, 0.5) is 0 Å². The molecule has 0 aliphatic carbocycles. The number of aromatic nitrogens is 5. The minimum Gasteiger partial charge on any atom is -0.455 e. The van der Waals surface area contributed by atoms with Gasteiger partial charge in [-0.15, -0.1) is 22.7 Å². The van der Waals surface area contributed by atoms with Crippen molar-refractivity contribution in [3.63, 3.8) is 0 Å². The maximum atomic E-state index is 6.86. The van der Waals surface area contributed by atoms with Gasteiger partial charge in [0.05, 0.1) is 15.9 Å². The fourth-order valence-corrected chi connectivity index (χ4v) is 10.2. The summed E-state index contributed by atoms with van der Waals surface area (Å²) in [4.78, 5) is 25.8. The number of hydrogen-bond acceptors (Lipinski definition) is 8. The standard InChI is InChI=1S/C49H27N5OS2/c1-3-13-28(14-4-1)46-52-47(29-15-5-2-6-16-29)54-49(53-46)35-20-12-22-37-41(35)34-19-11-21-36(44(34)55-37)43-45-42(33-18-8-10-24-39(33)57-45)50-48(51-43)30-25-26-32-31-17-7-9-23-38(31)56-40(32)27-30/h1-27H. The number of rotatable bonds is 5. The second-order valence-electron chi connectivity index (χ2n) is 14.0. The van der Waals surface area contributed by atoms with E-state index in [0.29, 0.717) is 23.3 Å². The Morgan fingerprint density at radius 2 is 0.982 bits per heavy atom. The Kier molecular flexibility index (Phi) is 7.17. The van der Waals surface area contributed by atoms with E-state index in [1.807, 2.05) is 72.8 Å². The first-order chi connectivity index (χ1) is 28.2. The molecule has 0 unspecified atom stereocenters. The fraction of sp³-hybridized carbons (Fsp3) is 0. The Hall–Kier alpha value is -7.13. The summed E-state index contributed by atoms with van der Waals surface area (Å²) in [5, 5.41) is 5.53. The Morgan fingerprint density at radius 1 is 0.386 bits per heavy atom. The summed E-state index contributed by atoms with van der Waals surface area (Å²) >= 11 is 3.51. The van der Waals surface area contributed by atoms with Gasteiger partial charge in [0.15, 0.2) is 23.3 Å². The van der Waals surface area contributed by atoms with Gasteiger partial charge in [-0.25, -0.2) is 24.9 Å². The van der Waals surface area contributed by atoms with Crippen LogP contribution < -0.4 is 0 Å². The number of thiophene rings is 2. The topological polar surface area (TPSA) is 77.6 Å². The molecule has 0 amide bonds. The maximum absolute atomic E-state index is 6.86. The zero-order valence-corrected chi connectivity index (χ0v) is 31.7. The van der Waals surface area contributed by atoms with Crippen molar-refractivity contribution in [3.8, 4) is 56.8 Å². The van der Waals surface area contributed by atoms with E-state index in [9.17, 15) is 0 Å². The van der Waals surface area contributed by atoms with Crippen LogP contribution in [0.15, 0.2) is 168 Å². The molecule has 266 valence electrons. The molecule has 0 N–H and O–H groups in total. The van der Waals surface area contributed by atoms with Gasteiger partial charge in [-0.05, 0) is 30.3 Å². The SMILES string of the molecule is c1ccc(-c2nc(-c3ccccc3)nc(-c3cccc4oc5c(-c6nc(-c7ccc8c(c7)sc7ccccc78)nc7c6sc6ccccc67)cccc5c34)n2)cc1. The molecule has 0 bridgehead atoms. The number of benzene rings is 7. The molecule has 0 fully saturated rings. The second-order valence-corrected chi connectivity index (χ2v) is 16.1. The summed E-state index contributed by atoms with van der Waals surface area (Å²) < 4.78 is 11.5. The van der Waals surface area contributed by atoms with Crippen molar-refractivity contribution < 1.29 is 4.42 Å². The van der Waals surface area contributed by atoms with Crippen LogP contribution in [0, 0.1) is 0 Å². The van der Waals surface area contributed by atoms with Crippen LogP contribution >= 0.6 is 22.7 Å². The van der Waals surface area contributed by atoms with Crippen molar-refractivity contribution in [2.75, 3.05) is 0 Å². The Balaban J connectivity index is 1.09. The zero-order chi connectivity index (χ0) is 37.5. The molecule has 0 spiro atoms. The number of fused-ring (bicyclic) bond motifs is 9. The van der Waals surface area contributed by atoms with Crippen LogP contribution in [0.5, 0.6) is 0 Å². The van der Waals surface area contributed by atoms with Gasteiger partial charge in [0.25, 0.3) is 0 Å². The van der Waals surface area contributed by atoms with E-state index in [1.54, 1.807) is 22.7 Å². The van der Waals surface area contributed by atoms with Crippen molar-refractivity contribution in [1.29, 1.82) is 0 Å². The van der Waals surface area contributed by atoms with E-state index in [4.69, 9.17) is 29.3 Å². The van der Waals surface area contributed by atoms with E-state index in [0.717, 1.165) is 75.8 Å². The summed E-state index contributed by atoms with van der Waals surface area (Å²) in [5.41, 5.74) is 7.87. The molecule has 6 nitrogen and oxygen atoms in total. The third-order valence-electron chi connectivity index (χ3n) is 10.6. The lowest BCUT2D eigenvalue weighted by Gasteiger charge is -2.09. The van der Waals surface area contributed by atoms with Crippen molar-refractivity contribution in [3.05, 3.63) is 164 Å². The first-order valence-corrected chi connectivity index (χ1v) is 20.3. The van der Waals surface area contributed by atoms with Crippen molar-refractivity contribution >= 4 is 85.1 Å². The molecule has 0 aliphatic heterocycles. The molecule has 0 aliphatic rings. The molecule has 5 heterocycles. The van der Waals surface area contributed by atoms with Crippen LogP contribution in [-0.2, 0) is 0 Å². The fourth-order valence-electron chi connectivity index (χ4n) is 7.92. The average Bonchev–Trinajstić information content (AvgIpc) is 3.98. The van der Waals surface area contributed by atoms with Crippen molar-refractivity contribution in [1.82, 2.24) is 24.9 Å². The number of para-hydroxylation sites is 1. The van der Waals surface area contributed by atoms with Crippen molar-refractivity contribution in [2.45, 2.75) is 0 Å². The van der Waals surface area contributed by atoms with Crippen LogP contribution in [0.1, 0.15) is 0 Å². The average molecular weight is 766 g/mol. The molecule has 0 atom stereocenters. The zero-order valence-electron chi connectivity index (χ0n) is 30.0. The number of nitrogens with zero attached hydrogens (tertiary/aromatic N) is 5. The first kappa shape index (κ1) is 32.1. The highest BCUT2D eigenvalue weighted by Gasteiger charge is 2.23. The van der Waals surface area contributed by atoms with Gasteiger partial charge >= 0.3 is 0 Å². The van der Waals surface area contributed by atoms with Crippen LogP contribution in [-0.4, -0.2) is 24.9 Å². The van der Waals surface area contributed by atoms with Gasteiger partial charge < -0.3 is 4.42 Å². The van der Waals surface area contributed by atoms with Crippen molar-refractivity contribution in [2.24, 2.45) is 0 Å². The minimum absolute atomic E-state index is 0.578. The molecule has 7 aromatic carbocycles. The van der Waals surface area contributed by atoms with Gasteiger partial charge in [0, 0.05) is 68.8 Å². The minimum atomic E-state index is 0.578. The van der Waals surface area contributed by atoms with Crippen LogP contribution in [0.3, 0.4) is 0 Å². The van der Waals surface area contributed by atoms with E-state index >= 15 is 0 Å². The molecule has 12 rings (SSSR count). The number of hydrogen-bond donors (Lipinski definition) is 0. The van der Waals surface area contributed by atoms with Gasteiger partial charge in [-0.2, -0.15) is 0 Å². The third kappa shape index (κ3) is 5.19. The largest absolute Gasteiger partial charge is 0.455 e. The molecule has 0 radical (unpaired) electrons. The normalized spacial score (nSPS) is 11.9. The van der Waals surface area contributed by atoms with Gasteiger partial charge in [0.2, 0.25) is 0 Å². The summed E-state index contributed by atoms with van der Waals surface area (Å²) in [6.45, 7) is 0. The summed E-state index contributed by atoms with van der Waals surface area (Å²) in [6.07, 6.45) is 0. The highest BCUT2D eigenvalue weighted by molar-refractivity contribution is 7.26. The Labute approximate surface area is 333 Å². The molecule has 0 saturated heterocycles. The smallest absolute Gasteiger partial charge is 0.164 e. The molecular weight excluding hydrogens is 739 g/mol. The quantitative estimate of drug-likeness (QED) is 0.174. The Bertz CT molecular complexity index is 3480. The molecule has 57 heavy (non-hydrogen) atoms. The van der Waals surface area contributed by atoms with Gasteiger partial charge in [-0.1, -0.05) is 133 Å². The lowest BCUT2D eigenvalue weighted by atomic mass is 10.0. The molecular formula is C49H27N5OS2. The number of furan rings is 1. The second kappa shape index (κ2) is 12.7. The van der Waals surface area contributed by atoms with Gasteiger partial charge in [-0.3, -0.25) is 0 Å². The molecule has 8 heteroatoms. The molecule has 5 aromatic heterocycles. The molecule has 12 aromatic rings. The highest BCUT2D eigenvalue weighted by atomic mass is 32.1. The van der Waals surface area contributed by atoms with Gasteiger partial charge in [0.1, 0.15) is 11.2 Å². The molecule has 0 saturated carbocycles. The lowest BCUT2D eigenvalue weighted by Crippen LogP contribution is -2.00. The van der Waals surface area contributed by atoms with E-state index in [-0.39, 0.29) is 0 Å². The highest BCUT2D eigenvalue weighted by Crippen LogP contribution is 2.45. The summed E-state index contributed by atoms with van der Waals surface area (Å²) in [5.74, 6) is 2.48. The summed E-state index contributed by atoms with van der Waals surface area (Å²) in [6, 6.07) is 56.1. The predicted molar refractivity (Wildman–Crippen MR) is 236 cm³/mol. The van der Waals surface area contributed by atoms with Crippen LogP contribution in [0.2, 0.25) is 0 Å². The van der Waals surface area contributed by atoms with E-state index < -0.39 is 0 Å². The van der Waals surface area contributed by atoms with Crippen LogP contribution in [0.25, 0.3) is 119 Å². The van der Waals surface area contributed by atoms with E-state index in [1.165, 1.54) is 20.2 Å². The van der Waals surface area contributed by atoms with E-state index in [2.05, 4.69) is 91.0 Å². The Morgan fingerprint density at radius 3 is 1.75 bits per heavy atom. The third-order valence-corrected chi connectivity index (χ3v) is 12.9. The summed E-state index contributed by atoms with van der Waals surface area (Å²) in [7, 11) is 0. The lowest BCUT2D eigenvalue weighted by molar-refractivity contribution is 0.670. The monoisotopic (exact) mass is 765 g/mol. The first-order valence-electron chi connectivity index (χ1n) is 18.7. The predicted octanol–water partition coefficient (Wildman–Crippen LogP) is 13.6.